The van der Waals surface area contributed by atoms with Gasteiger partial charge in [-0.2, -0.15) is 0 Å². The van der Waals surface area contributed by atoms with Crippen LogP contribution in [0.3, 0.4) is 0 Å². The van der Waals surface area contributed by atoms with Gasteiger partial charge in [0.1, 0.15) is 0 Å². The van der Waals surface area contributed by atoms with E-state index in [1.54, 1.807) is 6.26 Å². The van der Waals surface area contributed by atoms with Crippen LogP contribution in [0.5, 0.6) is 0 Å². The van der Waals surface area contributed by atoms with Gasteiger partial charge in [0.25, 0.3) is 0 Å². The fourth-order valence-corrected chi connectivity index (χ4v) is 1.21. The van der Waals surface area contributed by atoms with Gasteiger partial charge in [0.05, 0.1) is 12.9 Å². The first-order valence-electron chi connectivity index (χ1n) is 4.18. The summed E-state index contributed by atoms with van der Waals surface area (Å²) in [6.07, 6.45) is 5.41. The van der Waals surface area contributed by atoms with E-state index in [9.17, 15) is 4.79 Å². The molecule has 1 fully saturated rings. The third kappa shape index (κ3) is 2.37. The van der Waals surface area contributed by atoms with Crippen LogP contribution in [0.25, 0.3) is 0 Å². The normalized spacial score (nSPS) is 22.3. The molecule has 11 heavy (non-hydrogen) atoms. The second kappa shape index (κ2) is 4.16. The molecule has 0 spiro atoms. The van der Waals surface area contributed by atoms with E-state index in [1.165, 1.54) is 0 Å². The number of carbonyl (C=O) groups excluding carboxylic acids is 1. The van der Waals surface area contributed by atoms with Gasteiger partial charge in [-0.25, -0.2) is 0 Å². The Morgan fingerprint density at radius 3 is 2.82 bits per heavy atom. The Kier molecular flexibility index (Phi) is 3.14. The molecule has 0 heterocycles. The number of ketones is 1. The fraction of sp³-hybridized carbons (Fsp3) is 0.667. The molecule has 0 aromatic carbocycles. The average Bonchev–Trinajstić information content (AvgIpc) is 2.03. The van der Waals surface area contributed by atoms with E-state index in [4.69, 9.17) is 4.74 Å². The van der Waals surface area contributed by atoms with Crippen molar-refractivity contribution in [3.05, 3.63) is 11.8 Å². The maximum atomic E-state index is 11.2. The average molecular weight is 154 g/mol. The number of ether oxygens (including phenoxy) is 1. The summed E-state index contributed by atoms with van der Waals surface area (Å²) in [7, 11) is 0. The Morgan fingerprint density at radius 2 is 2.18 bits per heavy atom. The molecule has 1 aliphatic rings. The molecule has 0 unspecified atom stereocenters. The quantitative estimate of drug-likeness (QED) is 0.449. The molecule has 0 aromatic heterocycles. The summed E-state index contributed by atoms with van der Waals surface area (Å²) in [4.78, 5) is 11.2. The smallest absolute Gasteiger partial charge is 0.161 e. The molecule has 1 aliphatic carbocycles. The van der Waals surface area contributed by atoms with Gasteiger partial charge >= 0.3 is 0 Å². The molecule has 1 rings (SSSR count). The molecular formula is C9H14O2. The van der Waals surface area contributed by atoms with E-state index in [1.807, 2.05) is 6.92 Å². The highest BCUT2D eigenvalue weighted by atomic mass is 16.5. The minimum Gasteiger partial charge on any atom is -0.501 e. The molecule has 1 saturated carbocycles. The summed E-state index contributed by atoms with van der Waals surface area (Å²) in [5, 5.41) is 0. The number of carbonyl (C=O) groups is 1. The highest BCUT2D eigenvalue weighted by molar-refractivity contribution is 5.95. The molecule has 0 bridgehead atoms. The van der Waals surface area contributed by atoms with E-state index >= 15 is 0 Å². The van der Waals surface area contributed by atoms with Crippen LogP contribution in [0.2, 0.25) is 0 Å². The Bertz CT molecular complexity index is 170. The lowest BCUT2D eigenvalue weighted by Crippen LogP contribution is -2.08. The van der Waals surface area contributed by atoms with E-state index in [0.717, 1.165) is 24.8 Å². The number of hydrogen-bond acceptors (Lipinski definition) is 2. The number of rotatable bonds is 2. The molecular weight excluding hydrogens is 140 g/mol. The Labute approximate surface area is 67.2 Å². The lowest BCUT2D eigenvalue weighted by Gasteiger charge is -2.11. The summed E-state index contributed by atoms with van der Waals surface area (Å²) in [5.74, 6) is 0.268. The monoisotopic (exact) mass is 154 g/mol. The van der Waals surface area contributed by atoms with Crippen LogP contribution in [0.1, 0.15) is 32.6 Å². The maximum absolute atomic E-state index is 11.2. The molecule has 62 valence electrons. The zero-order valence-electron chi connectivity index (χ0n) is 6.93. The van der Waals surface area contributed by atoms with E-state index in [0.29, 0.717) is 13.0 Å². The van der Waals surface area contributed by atoms with Crippen molar-refractivity contribution in [1.82, 2.24) is 0 Å². The summed E-state index contributed by atoms with van der Waals surface area (Å²) in [5.41, 5.74) is 0.873. The van der Waals surface area contributed by atoms with Crippen molar-refractivity contribution in [3.8, 4) is 0 Å². The zero-order valence-corrected chi connectivity index (χ0v) is 6.93. The summed E-state index contributed by atoms with van der Waals surface area (Å²) < 4.78 is 5.06. The third-order valence-corrected chi connectivity index (χ3v) is 1.85. The standard InChI is InChI=1S/C9H14O2/c1-2-11-7-8-5-3-4-6-9(8)10/h7H,2-6H2,1H3/b8-7-. The predicted molar refractivity (Wildman–Crippen MR) is 43.2 cm³/mol. The van der Waals surface area contributed by atoms with Crippen molar-refractivity contribution >= 4 is 5.78 Å². The molecule has 2 heteroatoms. The largest absolute Gasteiger partial charge is 0.501 e. The van der Waals surface area contributed by atoms with Crippen LogP contribution in [0.4, 0.5) is 0 Å². The SMILES string of the molecule is CCO/C=C1/CCCCC1=O. The molecule has 0 saturated heterocycles. The fourth-order valence-electron chi connectivity index (χ4n) is 1.21. The van der Waals surface area contributed by atoms with E-state index < -0.39 is 0 Å². The highest BCUT2D eigenvalue weighted by Gasteiger charge is 2.14. The molecule has 0 radical (unpaired) electrons. The van der Waals surface area contributed by atoms with Gasteiger partial charge in [0, 0.05) is 12.0 Å². The molecule has 2 nitrogen and oxygen atoms in total. The molecule has 0 atom stereocenters. The van der Waals surface area contributed by atoms with Crippen LogP contribution in [-0.2, 0) is 9.53 Å². The second-order valence-electron chi connectivity index (χ2n) is 2.73. The van der Waals surface area contributed by atoms with Gasteiger partial charge in [0.15, 0.2) is 5.78 Å². The lowest BCUT2D eigenvalue weighted by molar-refractivity contribution is -0.116. The first-order valence-corrected chi connectivity index (χ1v) is 4.18. The van der Waals surface area contributed by atoms with Crippen molar-refractivity contribution in [2.24, 2.45) is 0 Å². The minimum absolute atomic E-state index is 0.268. The van der Waals surface area contributed by atoms with Crippen molar-refractivity contribution in [2.45, 2.75) is 32.6 Å². The number of allylic oxidation sites excluding steroid dienone is 1. The van der Waals surface area contributed by atoms with Gasteiger partial charge < -0.3 is 4.74 Å². The zero-order chi connectivity index (χ0) is 8.10. The topological polar surface area (TPSA) is 26.3 Å². The highest BCUT2D eigenvalue weighted by Crippen LogP contribution is 2.19. The second-order valence-corrected chi connectivity index (χ2v) is 2.73. The van der Waals surface area contributed by atoms with E-state index in [2.05, 4.69) is 0 Å². The van der Waals surface area contributed by atoms with Crippen LogP contribution in [-0.4, -0.2) is 12.4 Å². The van der Waals surface area contributed by atoms with Crippen molar-refractivity contribution in [3.63, 3.8) is 0 Å². The van der Waals surface area contributed by atoms with Crippen LogP contribution >= 0.6 is 0 Å². The Balaban J connectivity index is 2.47. The number of Topliss-reactive ketones (excluding diaryl/α,β-unsaturated/α-hetero) is 1. The molecule has 0 N–H and O–H groups in total. The first kappa shape index (κ1) is 8.31. The minimum atomic E-state index is 0.268. The van der Waals surface area contributed by atoms with Crippen molar-refractivity contribution in [2.75, 3.05) is 6.61 Å². The van der Waals surface area contributed by atoms with Gasteiger partial charge in [-0.1, -0.05) is 0 Å². The third-order valence-electron chi connectivity index (χ3n) is 1.85. The molecule has 0 amide bonds. The number of hydrogen-bond donors (Lipinski definition) is 0. The van der Waals surface area contributed by atoms with Gasteiger partial charge in [0.2, 0.25) is 0 Å². The molecule has 0 aliphatic heterocycles. The maximum Gasteiger partial charge on any atom is 0.161 e. The van der Waals surface area contributed by atoms with Gasteiger partial charge in [-0.15, -0.1) is 0 Å². The van der Waals surface area contributed by atoms with Gasteiger partial charge in [-0.05, 0) is 26.2 Å². The summed E-state index contributed by atoms with van der Waals surface area (Å²) in [6, 6.07) is 0. The molecule has 0 aromatic rings. The Hall–Kier alpha value is -0.790. The first-order chi connectivity index (χ1) is 5.34. The lowest BCUT2D eigenvalue weighted by atomic mass is 9.95. The van der Waals surface area contributed by atoms with Gasteiger partial charge in [-0.3, -0.25) is 4.79 Å². The summed E-state index contributed by atoms with van der Waals surface area (Å²) >= 11 is 0. The van der Waals surface area contributed by atoms with Crippen molar-refractivity contribution in [1.29, 1.82) is 0 Å². The predicted octanol–water partition coefficient (Wildman–Crippen LogP) is 2.05. The van der Waals surface area contributed by atoms with E-state index in [-0.39, 0.29) is 5.78 Å². The van der Waals surface area contributed by atoms with Crippen LogP contribution in [0, 0.1) is 0 Å². The van der Waals surface area contributed by atoms with Crippen LogP contribution in [0.15, 0.2) is 11.8 Å². The van der Waals surface area contributed by atoms with Crippen LogP contribution < -0.4 is 0 Å². The van der Waals surface area contributed by atoms with Crippen molar-refractivity contribution < 1.29 is 9.53 Å². The Morgan fingerprint density at radius 1 is 1.45 bits per heavy atom. The summed E-state index contributed by atoms with van der Waals surface area (Å²) in [6.45, 7) is 2.57.